The van der Waals surface area contributed by atoms with Crippen LogP contribution in [0.15, 0.2) is 30.5 Å². The minimum Gasteiger partial charge on any atom is -0.497 e. The molecule has 2 saturated heterocycles. The van der Waals surface area contributed by atoms with Crippen LogP contribution >= 0.6 is 23.7 Å². The minimum atomic E-state index is 0. The topological polar surface area (TPSA) is 54.5 Å². The maximum absolute atomic E-state index is 12.8. The summed E-state index contributed by atoms with van der Waals surface area (Å²) in [4.78, 5) is 20.0. The summed E-state index contributed by atoms with van der Waals surface area (Å²) in [5.41, 5.74) is 1.01. The zero-order valence-electron chi connectivity index (χ0n) is 14.1. The van der Waals surface area contributed by atoms with Crippen LogP contribution in [0.5, 0.6) is 5.75 Å². The van der Waals surface area contributed by atoms with Crippen molar-refractivity contribution in [3.8, 4) is 16.3 Å². The van der Waals surface area contributed by atoms with Crippen molar-refractivity contribution in [1.29, 1.82) is 0 Å². The Balaban J connectivity index is 0.00000182. The van der Waals surface area contributed by atoms with E-state index < -0.39 is 0 Å². The maximum atomic E-state index is 12.8. The lowest BCUT2D eigenvalue weighted by Gasteiger charge is -2.23. The van der Waals surface area contributed by atoms with Crippen LogP contribution in [0.3, 0.4) is 0 Å². The highest BCUT2D eigenvalue weighted by Crippen LogP contribution is 2.28. The van der Waals surface area contributed by atoms with E-state index in [0.29, 0.717) is 12.1 Å². The summed E-state index contributed by atoms with van der Waals surface area (Å²) in [7, 11) is 1.65. The molecule has 134 valence electrons. The molecule has 25 heavy (non-hydrogen) atoms. The number of halogens is 1. The third kappa shape index (κ3) is 3.81. The van der Waals surface area contributed by atoms with E-state index in [4.69, 9.17) is 4.74 Å². The Kier molecular flexibility index (Phi) is 5.61. The molecule has 2 aromatic rings. The number of aromatic nitrogens is 1. The fourth-order valence-corrected chi connectivity index (χ4v) is 4.41. The first-order valence-electron chi connectivity index (χ1n) is 8.38. The molecular formula is C18H22ClN3O2S. The van der Waals surface area contributed by atoms with E-state index in [0.717, 1.165) is 40.7 Å². The molecule has 2 unspecified atom stereocenters. The van der Waals surface area contributed by atoms with Gasteiger partial charge >= 0.3 is 0 Å². The summed E-state index contributed by atoms with van der Waals surface area (Å²) in [5, 5.41) is 4.48. The van der Waals surface area contributed by atoms with Gasteiger partial charge in [0, 0.05) is 30.7 Å². The van der Waals surface area contributed by atoms with Crippen LogP contribution in [0, 0.1) is 0 Å². The average Bonchev–Trinajstić information content (AvgIpc) is 3.21. The Morgan fingerprint density at radius 2 is 2.00 bits per heavy atom. The number of nitrogens with one attached hydrogen (secondary N) is 1. The summed E-state index contributed by atoms with van der Waals surface area (Å²) in [6.45, 7) is 1.65. The molecule has 0 spiro atoms. The molecule has 2 bridgehead atoms. The van der Waals surface area contributed by atoms with Gasteiger partial charge in [-0.15, -0.1) is 23.7 Å². The lowest BCUT2D eigenvalue weighted by atomic mass is 10.1. The fourth-order valence-electron chi connectivity index (χ4n) is 3.52. The second-order valence-corrected chi connectivity index (χ2v) is 7.47. The zero-order valence-corrected chi connectivity index (χ0v) is 15.7. The Hall–Kier alpha value is -1.63. The van der Waals surface area contributed by atoms with Crippen LogP contribution in [0.4, 0.5) is 0 Å². The second kappa shape index (κ2) is 7.72. The number of rotatable bonds is 3. The Labute approximate surface area is 157 Å². The van der Waals surface area contributed by atoms with Crippen molar-refractivity contribution in [2.24, 2.45) is 0 Å². The van der Waals surface area contributed by atoms with Crippen LogP contribution in [-0.2, 0) is 0 Å². The Morgan fingerprint density at radius 1 is 1.24 bits per heavy atom. The maximum Gasteiger partial charge on any atom is 0.265 e. The highest BCUT2D eigenvalue weighted by molar-refractivity contribution is 7.16. The van der Waals surface area contributed by atoms with Gasteiger partial charge in [-0.05, 0) is 43.5 Å². The second-order valence-electron chi connectivity index (χ2n) is 6.44. The predicted octanol–water partition coefficient (Wildman–Crippen LogP) is 3.21. The van der Waals surface area contributed by atoms with E-state index >= 15 is 0 Å². The standard InChI is InChI=1S/C18H21N3O2S.ClH/c1-23-15-6-2-12(3-7-15)17-19-10-16(24-17)18(22)21-9-8-13-4-5-14(11-21)20-13;/h2-3,6-7,10,13-14,20H,4-5,8-9,11H2,1H3;1H. The number of hydrogen-bond acceptors (Lipinski definition) is 5. The average molecular weight is 380 g/mol. The predicted molar refractivity (Wildman–Crippen MR) is 102 cm³/mol. The van der Waals surface area contributed by atoms with E-state index in [1.54, 1.807) is 13.3 Å². The van der Waals surface area contributed by atoms with Crippen LogP contribution in [0.2, 0.25) is 0 Å². The number of nitrogens with zero attached hydrogens (tertiary/aromatic N) is 2. The SMILES string of the molecule is COc1ccc(-c2ncc(C(=O)N3CCC4CCC(C3)N4)s2)cc1.Cl. The molecular weight excluding hydrogens is 358 g/mol. The molecule has 2 aliphatic heterocycles. The molecule has 2 fully saturated rings. The molecule has 4 rings (SSSR count). The summed E-state index contributed by atoms with van der Waals surface area (Å²) in [6, 6.07) is 8.81. The van der Waals surface area contributed by atoms with E-state index in [-0.39, 0.29) is 18.3 Å². The number of hydrogen-bond donors (Lipinski definition) is 1. The number of thiazole rings is 1. The van der Waals surface area contributed by atoms with Crippen LogP contribution in [-0.4, -0.2) is 48.1 Å². The molecule has 1 aromatic heterocycles. The fraction of sp³-hybridized carbons (Fsp3) is 0.444. The summed E-state index contributed by atoms with van der Waals surface area (Å²) >= 11 is 1.46. The van der Waals surface area contributed by atoms with Crippen molar-refractivity contribution in [1.82, 2.24) is 15.2 Å². The largest absolute Gasteiger partial charge is 0.497 e. The van der Waals surface area contributed by atoms with Crippen molar-refractivity contribution in [3.63, 3.8) is 0 Å². The van der Waals surface area contributed by atoms with E-state index in [9.17, 15) is 4.79 Å². The van der Waals surface area contributed by atoms with Gasteiger partial charge in [0.1, 0.15) is 15.6 Å². The third-order valence-corrected chi connectivity index (χ3v) is 5.90. The van der Waals surface area contributed by atoms with E-state index in [1.165, 1.54) is 24.2 Å². The monoisotopic (exact) mass is 379 g/mol. The number of likely N-dealkylation sites (tertiary alicyclic amines) is 1. The molecule has 0 saturated carbocycles. The zero-order chi connectivity index (χ0) is 16.5. The molecule has 2 atom stereocenters. The molecule has 2 aliphatic rings. The van der Waals surface area contributed by atoms with Crippen molar-refractivity contribution >= 4 is 29.7 Å². The highest BCUT2D eigenvalue weighted by Gasteiger charge is 2.32. The molecule has 1 aromatic carbocycles. The van der Waals surface area contributed by atoms with Crippen LogP contribution in [0.25, 0.3) is 10.6 Å². The van der Waals surface area contributed by atoms with Gasteiger partial charge in [0.25, 0.3) is 5.91 Å². The van der Waals surface area contributed by atoms with Gasteiger partial charge in [-0.1, -0.05) is 0 Å². The van der Waals surface area contributed by atoms with Gasteiger partial charge in [-0.3, -0.25) is 4.79 Å². The Morgan fingerprint density at radius 3 is 2.76 bits per heavy atom. The molecule has 0 radical (unpaired) electrons. The number of amides is 1. The highest BCUT2D eigenvalue weighted by atomic mass is 35.5. The Bertz CT molecular complexity index is 734. The summed E-state index contributed by atoms with van der Waals surface area (Å²) in [5.74, 6) is 0.931. The van der Waals surface area contributed by atoms with Gasteiger partial charge in [0.15, 0.2) is 0 Å². The number of carbonyl (C=O) groups is 1. The number of benzene rings is 1. The van der Waals surface area contributed by atoms with Gasteiger partial charge in [-0.25, -0.2) is 4.98 Å². The molecule has 5 nitrogen and oxygen atoms in total. The first-order valence-corrected chi connectivity index (χ1v) is 9.20. The van der Waals surface area contributed by atoms with Crippen molar-refractivity contribution < 1.29 is 9.53 Å². The van der Waals surface area contributed by atoms with Gasteiger partial charge < -0.3 is 15.0 Å². The third-order valence-electron chi connectivity index (χ3n) is 4.86. The number of carbonyl (C=O) groups excluding carboxylic acids is 1. The van der Waals surface area contributed by atoms with Crippen LogP contribution in [0.1, 0.15) is 28.9 Å². The van der Waals surface area contributed by atoms with Crippen LogP contribution < -0.4 is 10.1 Å². The first-order chi connectivity index (χ1) is 11.7. The van der Waals surface area contributed by atoms with Crippen molar-refractivity contribution in [2.45, 2.75) is 31.3 Å². The normalized spacial score (nSPS) is 22.2. The molecule has 3 heterocycles. The van der Waals surface area contributed by atoms with Gasteiger partial charge in [0.2, 0.25) is 0 Å². The minimum absolute atomic E-state index is 0. The molecule has 7 heteroatoms. The number of methoxy groups -OCH3 is 1. The summed E-state index contributed by atoms with van der Waals surface area (Å²) in [6.07, 6.45) is 5.18. The molecule has 1 N–H and O–H groups in total. The van der Waals surface area contributed by atoms with E-state index in [1.807, 2.05) is 29.2 Å². The van der Waals surface area contributed by atoms with Crippen molar-refractivity contribution in [3.05, 3.63) is 35.3 Å². The quantitative estimate of drug-likeness (QED) is 0.889. The lowest BCUT2D eigenvalue weighted by molar-refractivity contribution is 0.0753. The molecule has 0 aliphatic carbocycles. The molecule has 1 amide bonds. The first kappa shape index (κ1) is 18.2. The smallest absolute Gasteiger partial charge is 0.265 e. The van der Waals surface area contributed by atoms with Gasteiger partial charge in [0.05, 0.1) is 13.3 Å². The number of ether oxygens (including phenoxy) is 1. The summed E-state index contributed by atoms with van der Waals surface area (Å²) < 4.78 is 5.18. The van der Waals surface area contributed by atoms with Crippen molar-refractivity contribution in [2.75, 3.05) is 20.2 Å². The lowest BCUT2D eigenvalue weighted by Crippen LogP contribution is -2.38. The number of fused-ring (bicyclic) bond motifs is 2. The van der Waals surface area contributed by atoms with E-state index in [2.05, 4.69) is 10.3 Å². The van der Waals surface area contributed by atoms with Gasteiger partial charge in [-0.2, -0.15) is 0 Å².